The lowest BCUT2D eigenvalue weighted by molar-refractivity contribution is -0.140. The molecule has 0 fully saturated rings. The molecule has 9 heteroatoms. The Hall–Kier alpha value is -2.81. The van der Waals surface area contributed by atoms with Crippen LogP contribution in [0.4, 0.5) is 0 Å². The molecule has 1 aromatic heterocycles. The van der Waals surface area contributed by atoms with Gasteiger partial charge in [-0.3, -0.25) is 9.59 Å². The van der Waals surface area contributed by atoms with Gasteiger partial charge in [0, 0.05) is 12.6 Å². The number of methoxy groups -OCH3 is 2. The van der Waals surface area contributed by atoms with Crippen LogP contribution >= 0.6 is 11.3 Å². The number of benzene rings is 1. The molecule has 0 bridgehead atoms. The summed E-state index contributed by atoms with van der Waals surface area (Å²) in [6, 6.07) is 5.55. The van der Waals surface area contributed by atoms with Crippen LogP contribution in [0.1, 0.15) is 6.42 Å². The fraction of sp³-hybridized carbons (Fsp3) is 0.353. The van der Waals surface area contributed by atoms with Gasteiger partial charge in [0.2, 0.25) is 5.76 Å². The molecule has 1 amide bonds. The van der Waals surface area contributed by atoms with Crippen LogP contribution in [0.25, 0.3) is 10.2 Å². The summed E-state index contributed by atoms with van der Waals surface area (Å²) in [4.78, 5) is 28.5. The molecule has 138 valence electrons. The predicted octanol–water partition coefficient (Wildman–Crippen LogP) is 1.59. The third-order valence-electron chi connectivity index (χ3n) is 3.71. The van der Waals surface area contributed by atoms with E-state index >= 15 is 0 Å². The lowest BCUT2D eigenvalue weighted by atomic mass is 10.3. The van der Waals surface area contributed by atoms with Crippen molar-refractivity contribution < 1.29 is 28.5 Å². The van der Waals surface area contributed by atoms with Crippen molar-refractivity contribution in [2.45, 2.75) is 13.0 Å². The molecule has 3 rings (SSSR count). The summed E-state index contributed by atoms with van der Waals surface area (Å²) >= 11 is 1.34. The lowest BCUT2D eigenvalue weighted by Crippen LogP contribution is -2.21. The number of carbonyl (C=O) groups excluding carboxylic acids is 2. The number of esters is 1. The Labute approximate surface area is 153 Å². The van der Waals surface area contributed by atoms with Gasteiger partial charge in [-0.25, -0.2) is 0 Å². The maximum absolute atomic E-state index is 12.4. The average molecular weight is 378 g/mol. The predicted molar refractivity (Wildman–Crippen MR) is 93.6 cm³/mol. The van der Waals surface area contributed by atoms with E-state index in [-0.39, 0.29) is 18.1 Å². The Morgan fingerprint density at radius 1 is 1.31 bits per heavy atom. The lowest BCUT2D eigenvalue weighted by Gasteiger charge is -2.12. The van der Waals surface area contributed by atoms with Crippen molar-refractivity contribution in [1.82, 2.24) is 4.57 Å². The molecule has 0 saturated carbocycles. The van der Waals surface area contributed by atoms with Gasteiger partial charge >= 0.3 is 11.9 Å². The topological polar surface area (TPSA) is 88.4 Å². The second-order valence-corrected chi connectivity index (χ2v) is 6.32. The quantitative estimate of drug-likeness (QED) is 0.734. The highest BCUT2D eigenvalue weighted by molar-refractivity contribution is 7.16. The Kier molecular flexibility index (Phi) is 5.57. The largest absolute Gasteiger partial charge is 0.497 e. The Bertz CT molecular complexity index is 927. The van der Waals surface area contributed by atoms with Crippen molar-refractivity contribution in [1.29, 1.82) is 0 Å². The summed E-state index contributed by atoms with van der Waals surface area (Å²) in [7, 11) is 2.91. The molecule has 0 N–H and O–H groups in total. The van der Waals surface area contributed by atoms with E-state index in [9.17, 15) is 9.59 Å². The average Bonchev–Trinajstić information content (AvgIpc) is 3.02. The first-order chi connectivity index (χ1) is 12.6. The van der Waals surface area contributed by atoms with Crippen LogP contribution in [0, 0.1) is 0 Å². The van der Waals surface area contributed by atoms with Gasteiger partial charge in [0.15, 0.2) is 4.80 Å². The molecule has 1 aliphatic rings. The van der Waals surface area contributed by atoms with Gasteiger partial charge in [-0.05, 0) is 12.1 Å². The first-order valence-corrected chi connectivity index (χ1v) is 8.72. The number of rotatable bonds is 5. The number of hydrogen-bond donors (Lipinski definition) is 0. The molecule has 0 saturated heterocycles. The molecule has 0 spiro atoms. The Balaban J connectivity index is 2.04. The van der Waals surface area contributed by atoms with Crippen molar-refractivity contribution in [2.24, 2.45) is 4.99 Å². The molecule has 1 aromatic carbocycles. The van der Waals surface area contributed by atoms with Gasteiger partial charge in [-0.2, -0.15) is 4.99 Å². The van der Waals surface area contributed by atoms with Crippen LogP contribution in [-0.2, 0) is 30.3 Å². The highest BCUT2D eigenvalue weighted by Crippen LogP contribution is 2.23. The first kappa shape index (κ1) is 18.0. The number of thiazole rings is 1. The highest BCUT2D eigenvalue weighted by Gasteiger charge is 2.16. The van der Waals surface area contributed by atoms with E-state index in [1.807, 2.05) is 18.2 Å². The summed E-state index contributed by atoms with van der Waals surface area (Å²) in [6.07, 6.45) is 1.42. The maximum Gasteiger partial charge on any atom is 0.317 e. The van der Waals surface area contributed by atoms with Gasteiger partial charge in [-0.15, -0.1) is 0 Å². The van der Waals surface area contributed by atoms with E-state index in [4.69, 9.17) is 18.9 Å². The summed E-state index contributed by atoms with van der Waals surface area (Å²) in [6.45, 7) is 1.03. The van der Waals surface area contributed by atoms with Crippen LogP contribution in [0.15, 0.2) is 35.2 Å². The molecule has 0 unspecified atom stereocenters. The third kappa shape index (κ3) is 3.88. The smallest absolute Gasteiger partial charge is 0.317 e. The van der Waals surface area contributed by atoms with Gasteiger partial charge in [0.25, 0.3) is 0 Å². The number of aromatic nitrogens is 1. The number of nitrogens with zero attached hydrogens (tertiary/aromatic N) is 2. The number of amides is 1. The fourth-order valence-corrected chi connectivity index (χ4v) is 3.44. The molecule has 2 heterocycles. The first-order valence-electron chi connectivity index (χ1n) is 7.90. The second-order valence-electron chi connectivity index (χ2n) is 5.31. The molecule has 0 atom stereocenters. The minimum atomic E-state index is -0.532. The van der Waals surface area contributed by atoms with E-state index in [1.165, 1.54) is 24.7 Å². The van der Waals surface area contributed by atoms with Crippen molar-refractivity contribution in [3.8, 4) is 5.75 Å². The van der Waals surface area contributed by atoms with Crippen molar-refractivity contribution in [3.05, 3.63) is 35.0 Å². The standard InChI is InChI=1S/C17H18N2O6S/c1-22-11-3-4-14-12(9-11)19(6-5-15(20)23-2)17(26-14)18-16(21)13-10-24-7-8-25-13/h3-4,9-10H,5-8H2,1-2H3. The molecule has 1 aliphatic heterocycles. The zero-order chi connectivity index (χ0) is 18.5. The van der Waals surface area contributed by atoms with Gasteiger partial charge in [-0.1, -0.05) is 11.3 Å². The van der Waals surface area contributed by atoms with Crippen LogP contribution < -0.4 is 9.54 Å². The number of aryl methyl sites for hydroxylation is 1. The zero-order valence-corrected chi connectivity index (χ0v) is 15.2. The summed E-state index contributed by atoms with van der Waals surface area (Å²) in [5.41, 5.74) is 0.819. The van der Waals surface area contributed by atoms with E-state index in [0.29, 0.717) is 30.3 Å². The van der Waals surface area contributed by atoms with E-state index in [0.717, 1.165) is 10.2 Å². The SMILES string of the molecule is COC(=O)CCn1c(=NC(=O)C2=COCCO2)sc2ccc(OC)cc21. The van der Waals surface area contributed by atoms with E-state index in [1.54, 1.807) is 11.7 Å². The zero-order valence-electron chi connectivity index (χ0n) is 14.4. The Morgan fingerprint density at radius 3 is 2.85 bits per heavy atom. The molecular formula is C17H18N2O6S. The van der Waals surface area contributed by atoms with Crippen molar-refractivity contribution >= 4 is 33.4 Å². The molecule has 2 aromatic rings. The van der Waals surface area contributed by atoms with Crippen molar-refractivity contribution in [3.63, 3.8) is 0 Å². The van der Waals surface area contributed by atoms with Crippen LogP contribution in [0.5, 0.6) is 5.75 Å². The third-order valence-corrected chi connectivity index (χ3v) is 4.77. The number of hydrogen-bond acceptors (Lipinski definition) is 7. The fourth-order valence-electron chi connectivity index (χ4n) is 2.40. The van der Waals surface area contributed by atoms with Crippen LogP contribution in [0.2, 0.25) is 0 Å². The van der Waals surface area contributed by atoms with E-state index in [2.05, 4.69) is 4.99 Å². The van der Waals surface area contributed by atoms with Gasteiger partial charge in [0.05, 0.1) is 30.9 Å². The molecule has 26 heavy (non-hydrogen) atoms. The molecule has 8 nitrogen and oxygen atoms in total. The van der Waals surface area contributed by atoms with Gasteiger partial charge in [0.1, 0.15) is 25.2 Å². The van der Waals surface area contributed by atoms with Gasteiger partial charge < -0.3 is 23.5 Å². The van der Waals surface area contributed by atoms with E-state index < -0.39 is 5.91 Å². The monoisotopic (exact) mass is 378 g/mol. The Morgan fingerprint density at radius 2 is 2.15 bits per heavy atom. The summed E-state index contributed by atoms with van der Waals surface area (Å²) in [5, 5.41) is 0. The second kappa shape index (κ2) is 8.05. The normalized spacial score (nSPS) is 14.4. The van der Waals surface area contributed by atoms with Crippen LogP contribution in [0.3, 0.4) is 0 Å². The van der Waals surface area contributed by atoms with Crippen LogP contribution in [-0.4, -0.2) is 43.9 Å². The number of fused-ring (bicyclic) bond motifs is 1. The minimum Gasteiger partial charge on any atom is -0.497 e. The van der Waals surface area contributed by atoms with Crippen molar-refractivity contribution in [2.75, 3.05) is 27.4 Å². The molecule has 0 radical (unpaired) electrons. The molecular weight excluding hydrogens is 360 g/mol. The summed E-state index contributed by atoms with van der Waals surface area (Å²) in [5.74, 6) is -0.142. The number of ether oxygens (including phenoxy) is 4. The highest BCUT2D eigenvalue weighted by atomic mass is 32.1. The maximum atomic E-state index is 12.4. The summed E-state index contributed by atoms with van der Waals surface area (Å²) < 4.78 is 23.1. The number of carbonyl (C=O) groups is 2. The molecule has 0 aliphatic carbocycles. The minimum absolute atomic E-state index is 0.0609.